The SMILES string of the molecule is Cc1cc(C)n(C(CN)c2ccccc2)n1. The second kappa shape index (κ2) is 4.49. The highest BCUT2D eigenvalue weighted by Gasteiger charge is 2.14. The van der Waals surface area contributed by atoms with Crippen molar-refractivity contribution >= 4 is 0 Å². The van der Waals surface area contributed by atoms with Crippen molar-refractivity contribution < 1.29 is 0 Å². The molecule has 0 fully saturated rings. The van der Waals surface area contributed by atoms with Crippen molar-refractivity contribution in [1.82, 2.24) is 9.78 Å². The minimum Gasteiger partial charge on any atom is -0.328 e. The van der Waals surface area contributed by atoms with Crippen LogP contribution in [0.2, 0.25) is 0 Å². The zero-order valence-electron chi connectivity index (χ0n) is 9.72. The molecule has 2 aromatic rings. The first-order chi connectivity index (χ1) is 7.72. The highest BCUT2D eigenvalue weighted by Crippen LogP contribution is 2.18. The van der Waals surface area contributed by atoms with Gasteiger partial charge in [0.05, 0.1) is 11.7 Å². The molecular formula is C13H17N3. The Morgan fingerprint density at radius 1 is 1.25 bits per heavy atom. The molecule has 0 bridgehead atoms. The Balaban J connectivity index is 2.40. The topological polar surface area (TPSA) is 43.8 Å². The van der Waals surface area contributed by atoms with Crippen molar-refractivity contribution in [3.8, 4) is 0 Å². The summed E-state index contributed by atoms with van der Waals surface area (Å²) < 4.78 is 2.00. The molecule has 0 saturated carbocycles. The van der Waals surface area contributed by atoms with Gasteiger partial charge in [-0.15, -0.1) is 0 Å². The second-order valence-electron chi connectivity index (χ2n) is 4.03. The van der Waals surface area contributed by atoms with Crippen LogP contribution < -0.4 is 5.73 Å². The quantitative estimate of drug-likeness (QED) is 0.851. The number of rotatable bonds is 3. The maximum absolute atomic E-state index is 5.85. The van der Waals surface area contributed by atoms with Gasteiger partial charge in [-0.1, -0.05) is 30.3 Å². The van der Waals surface area contributed by atoms with E-state index in [4.69, 9.17) is 5.73 Å². The number of nitrogens with two attached hydrogens (primary N) is 1. The first kappa shape index (κ1) is 10.9. The fraction of sp³-hybridized carbons (Fsp3) is 0.308. The molecule has 1 unspecified atom stereocenters. The lowest BCUT2D eigenvalue weighted by atomic mass is 10.1. The van der Waals surface area contributed by atoms with Crippen molar-refractivity contribution in [3.63, 3.8) is 0 Å². The van der Waals surface area contributed by atoms with E-state index in [9.17, 15) is 0 Å². The first-order valence-corrected chi connectivity index (χ1v) is 5.50. The smallest absolute Gasteiger partial charge is 0.0893 e. The number of hydrogen-bond acceptors (Lipinski definition) is 2. The van der Waals surface area contributed by atoms with Gasteiger partial charge in [-0.25, -0.2) is 0 Å². The fourth-order valence-electron chi connectivity index (χ4n) is 2.01. The molecule has 0 aliphatic heterocycles. The van der Waals surface area contributed by atoms with Crippen molar-refractivity contribution in [1.29, 1.82) is 0 Å². The Hall–Kier alpha value is -1.61. The van der Waals surface area contributed by atoms with E-state index in [1.807, 2.05) is 29.8 Å². The summed E-state index contributed by atoms with van der Waals surface area (Å²) in [4.78, 5) is 0. The van der Waals surface area contributed by atoms with E-state index in [2.05, 4.69) is 30.2 Å². The molecule has 3 nitrogen and oxygen atoms in total. The minimum absolute atomic E-state index is 0.134. The van der Waals surface area contributed by atoms with E-state index >= 15 is 0 Å². The Morgan fingerprint density at radius 3 is 2.44 bits per heavy atom. The Bertz CT molecular complexity index is 459. The predicted octanol–water partition coefficient (Wildman–Crippen LogP) is 2.05. The Morgan fingerprint density at radius 2 is 1.94 bits per heavy atom. The van der Waals surface area contributed by atoms with Gasteiger partial charge in [0.2, 0.25) is 0 Å². The van der Waals surface area contributed by atoms with Crippen molar-refractivity contribution in [3.05, 3.63) is 53.3 Å². The van der Waals surface area contributed by atoms with Crippen molar-refractivity contribution in [2.75, 3.05) is 6.54 Å². The maximum atomic E-state index is 5.85. The van der Waals surface area contributed by atoms with Gasteiger partial charge in [0.15, 0.2) is 0 Å². The first-order valence-electron chi connectivity index (χ1n) is 5.50. The van der Waals surface area contributed by atoms with Crippen molar-refractivity contribution in [2.45, 2.75) is 19.9 Å². The molecule has 1 aromatic carbocycles. The van der Waals surface area contributed by atoms with Gasteiger partial charge in [-0.05, 0) is 25.5 Å². The third-order valence-corrected chi connectivity index (χ3v) is 2.75. The van der Waals surface area contributed by atoms with Crippen LogP contribution in [-0.2, 0) is 0 Å². The van der Waals surface area contributed by atoms with Gasteiger partial charge >= 0.3 is 0 Å². The molecule has 16 heavy (non-hydrogen) atoms. The highest BCUT2D eigenvalue weighted by atomic mass is 15.3. The predicted molar refractivity (Wildman–Crippen MR) is 65.3 cm³/mol. The largest absolute Gasteiger partial charge is 0.328 e. The Labute approximate surface area is 95.9 Å². The number of nitrogens with zero attached hydrogens (tertiary/aromatic N) is 2. The molecule has 0 radical (unpaired) electrons. The summed E-state index contributed by atoms with van der Waals surface area (Å²) in [5.74, 6) is 0. The van der Waals surface area contributed by atoms with E-state index in [0.29, 0.717) is 6.54 Å². The Kier molecular flexibility index (Phi) is 3.06. The molecule has 1 aromatic heterocycles. The molecule has 0 aliphatic rings. The molecular weight excluding hydrogens is 198 g/mol. The summed E-state index contributed by atoms with van der Waals surface area (Å²) in [5.41, 5.74) is 9.24. The van der Waals surface area contributed by atoms with Crippen LogP contribution in [0.3, 0.4) is 0 Å². The van der Waals surface area contributed by atoms with Crippen LogP contribution in [0.25, 0.3) is 0 Å². The molecule has 2 N–H and O–H groups in total. The summed E-state index contributed by atoms with van der Waals surface area (Å²) in [7, 11) is 0. The number of aryl methyl sites for hydroxylation is 2. The van der Waals surface area contributed by atoms with E-state index in [1.54, 1.807) is 0 Å². The molecule has 0 spiro atoms. The van der Waals surface area contributed by atoms with E-state index in [1.165, 1.54) is 5.56 Å². The van der Waals surface area contributed by atoms with Crippen LogP contribution in [0.4, 0.5) is 0 Å². The van der Waals surface area contributed by atoms with Gasteiger partial charge in [0.25, 0.3) is 0 Å². The fourth-order valence-corrected chi connectivity index (χ4v) is 2.01. The molecule has 84 valence electrons. The zero-order valence-corrected chi connectivity index (χ0v) is 9.72. The van der Waals surface area contributed by atoms with Crippen molar-refractivity contribution in [2.24, 2.45) is 5.73 Å². The molecule has 1 atom stereocenters. The van der Waals surface area contributed by atoms with Gasteiger partial charge in [-0.2, -0.15) is 5.10 Å². The molecule has 2 rings (SSSR count). The van der Waals surface area contributed by atoms with Crippen LogP contribution in [0.15, 0.2) is 36.4 Å². The second-order valence-corrected chi connectivity index (χ2v) is 4.03. The summed E-state index contributed by atoms with van der Waals surface area (Å²) in [6.07, 6.45) is 0. The molecule has 0 aliphatic carbocycles. The lowest BCUT2D eigenvalue weighted by Gasteiger charge is -2.17. The van der Waals surface area contributed by atoms with Gasteiger partial charge < -0.3 is 5.73 Å². The number of aromatic nitrogens is 2. The van der Waals surface area contributed by atoms with Crippen LogP contribution in [0, 0.1) is 13.8 Å². The standard InChI is InChI=1S/C13H17N3/c1-10-8-11(2)16(15-10)13(9-14)12-6-4-3-5-7-12/h3-8,13H,9,14H2,1-2H3. The molecule has 0 saturated heterocycles. The van der Waals surface area contributed by atoms with E-state index in [0.717, 1.165) is 11.4 Å². The summed E-state index contributed by atoms with van der Waals surface area (Å²) in [5, 5.41) is 4.49. The highest BCUT2D eigenvalue weighted by molar-refractivity contribution is 5.22. The third kappa shape index (κ3) is 1.99. The molecule has 0 amide bonds. The summed E-state index contributed by atoms with van der Waals surface area (Å²) in [6.45, 7) is 4.62. The lowest BCUT2D eigenvalue weighted by molar-refractivity contribution is 0.516. The minimum atomic E-state index is 0.134. The lowest BCUT2D eigenvalue weighted by Crippen LogP contribution is -2.22. The van der Waals surface area contributed by atoms with Crippen LogP contribution in [0.1, 0.15) is 23.0 Å². The summed E-state index contributed by atoms with van der Waals surface area (Å²) >= 11 is 0. The van der Waals surface area contributed by atoms with Gasteiger partial charge in [0.1, 0.15) is 0 Å². The van der Waals surface area contributed by atoms with E-state index in [-0.39, 0.29) is 6.04 Å². The van der Waals surface area contributed by atoms with Crippen LogP contribution in [-0.4, -0.2) is 16.3 Å². The van der Waals surface area contributed by atoms with E-state index < -0.39 is 0 Å². The maximum Gasteiger partial charge on any atom is 0.0893 e. The van der Waals surface area contributed by atoms with Crippen LogP contribution >= 0.6 is 0 Å². The molecule has 1 heterocycles. The summed E-state index contributed by atoms with van der Waals surface area (Å²) in [6, 6.07) is 12.5. The zero-order chi connectivity index (χ0) is 11.5. The number of benzene rings is 1. The van der Waals surface area contributed by atoms with Gasteiger partial charge in [-0.3, -0.25) is 4.68 Å². The van der Waals surface area contributed by atoms with Gasteiger partial charge in [0, 0.05) is 12.2 Å². The van der Waals surface area contributed by atoms with Crippen LogP contribution in [0.5, 0.6) is 0 Å². The average Bonchev–Trinajstić information content (AvgIpc) is 2.61. The molecule has 3 heteroatoms. The third-order valence-electron chi connectivity index (χ3n) is 2.75. The normalized spacial score (nSPS) is 12.7. The monoisotopic (exact) mass is 215 g/mol. The average molecular weight is 215 g/mol. The number of hydrogen-bond donors (Lipinski definition) is 1.